The van der Waals surface area contributed by atoms with Crippen LogP contribution in [-0.2, 0) is 42.9 Å². The van der Waals surface area contributed by atoms with Gasteiger partial charge >= 0.3 is 5.97 Å². The van der Waals surface area contributed by atoms with E-state index in [4.69, 9.17) is 18.9 Å². The third kappa shape index (κ3) is 14.1. The summed E-state index contributed by atoms with van der Waals surface area (Å²) in [4.78, 5) is 71.3. The highest BCUT2D eigenvalue weighted by Gasteiger charge is 2.54. The summed E-state index contributed by atoms with van der Waals surface area (Å²) in [6.07, 6.45) is 11.9. The highest BCUT2D eigenvalue weighted by atomic mass is 19.2. The van der Waals surface area contributed by atoms with Crippen molar-refractivity contribution in [3.8, 4) is 0 Å². The van der Waals surface area contributed by atoms with Gasteiger partial charge in [-0.3, -0.25) is 19.2 Å². The van der Waals surface area contributed by atoms with Crippen molar-refractivity contribution < 1.29 is 57.5 Å². The van der Waals surface area contributed by atoms with E-state index in [-0.39, 0.29) is 60.7 Å². The second kappa shape index (κ2) is 24.4. The number of hydrogen-bond donors (Lipinski definition) is 2. The fourth-order valence-electron chi connectivity index (χ4n) is 9.87. The Labute approximate surface area is 381 Å². The number of aliphatic hydroxyl groups excluding tert-OH is 2. The molecular formula is C51H78FNO11. The number of ether oxygens (including phenoxy) is 4. The maximum atomic E-state index is 16.9. The van der Waals surface area contributed by atoms with Gasteiger partial charge in [0.15, 0.2) is 5.78 Å². The Morgan fingerprint density at radius 2 is 1.62 bits per heavy atom. The van der Waals surface area contributed by atoms with Gasteiger partial charge in [0.25, 0.3) is 17.5 Å². The first-order chi connectivity index (χ1) is 30.2. The lowest BCUT2D eigenvalue weighted by Gasteiger charge is -2.40. The van der Waals surface area contributed by atoms with Crippen molar-refractivity contribution in [2.24, 2.45) is 41.4 Å². The van der Waals surface area contributed by atoms with Gasteiger partial charge in [-0.25, -0.2) is 9.18 Å². The fraction of sp³-hybridized carbons (Fsp3) is 0.745. The molecule has 2 N–H and O–H groups in total. The van der Waals surface area contributed by atoms with E-state index >= 15 is 4.39 Å². The molecule has 0 aromatic heterocycles. The average Bonchev–Trinajstić information content (AvgIpc) is 3.27. The first-order valence-corrected chi connectivity index (χ1v) is 23.8. The Hall–Kier alpha value is -3.36. The van der Waals surface area contributed by atoms with Gasteiger partial charge in [-0.2, -0.15) is 0 Å². The number of cyclic esters (lactones) is 1. The Bertz CT molecular complexity index is 1740. The molecule has 4 rings (SSSR count). The molecule has 0 aromatic rings. The molecule has 13 heteroatoms. The van der Waals surface area contributed by atoms with Crippen LogP contribution in [0.3, 0.4) is 0 Å². The van der Waals surface area contributed by atoms with Crippen LogP contribution < -0.4 is 0 Å². The molecule has 0 spiro atoms. The minimum Gasteiger partial charge on any atom is -0.460 e. The maximum Gasteiger partial charge on any atom is 0.329 e. The number of esters is 1. The number of rotatable bonds is 5. The number of alkyl halides is 1. The van der Waals surface area contributed by atoms with Gasteiger partial charge in [0.05, 0.1) is 18.3 Å². The summed E-state index contributed by atoms with van der Waals surface area (Å²) in [6.45, 7) is 14.7. The minimum absolute atomic E-state index is 0.0455. The Kier molecular flexibility index (Phi) is 20.3. The molecule has 0 aromatic carbocycles. The number of carbonyl (C=O) groups is 5. The number of hydrogen-bond acceptors (Lipinski definition) is 11. The molecule has 1 aliphatic carbocycles. The number of amides is 1. The normalized spacial score (nSPS) is 40.4. The van der Waals surface area contributed by atoms with Crippen LogP contribution in [0.1, 0.15) is 132 Å². The van der Waals surface area contributed by atoms with Gasteiger partial charge in [0.1, 0.15) is 30.1 Å². The molecule has 15 atom stereocenters. The molecule has 3 fully saturated rings. The summed E-state index contributed by atoms with van der Waals surface area (Å²) in [5.41, 5.74) is 1.31. The van der Waals surface area contributed by atoms with Crippen LogP contribution in [0.25, 0.3) is 0 Å². The van der Waals surface area contributed by atoms with Crippen molar-refractivity contribution in [1.29, 1.82) is 0 Å². The molecule has 2 saturated heterocycles. The lowest BCUT2D eigenvalue weighted by molar-refractivity contribution is -0.227. The zero-order valence-electron chi connectivity index (χ0n) is 40.1. The van der Waals surface area contributed by atoms with Gasteiger partial charge in [-0.1, -0.05) is 83.6 Å². The minimum atomic E-state index is -2.88. The van der Waals surface area contributed by atoms with Gasteiger partial charge in [-0.05, 0) is 114 Å². The number of piperidine rings is 1. The third-order valence-electron chi connectivity index (χ3n) is 14.2. The molecule has 3 aliphatic heterocycles. The van der Waals surface area contributed by atoms with Crippen LogP contribution in [-0.4, -0.2) is 114 Å². The van der Waals surface area contributed by atoms with Gasteiger partial charge in [0, 0.05) is 44.9 Å². The van der Waals surface area contributed by atoms with E-state index in [2.05, 4.69) is 12.2 Å². The lowest BCUT2D eigenvalue weighted by Crippen LogP contribution is -2.59. The average molecular weight is 900 g/mol. The zero-order chi connectivity index (χ0) is 47.5. The van der Waals surface area contributed by atoms with E-state index in [0.717, 1.165) is 16.9 Å². The number of ketones is 3. The monoisotopic (exact) mass is 900 g/mol. The van der Waals surface area contributed by atoms with Gasteiger partial charge < -0.3 is 34.1 Å². The van der Waals surface area contributed by atoms with E-state index in [1.807, 2.05) is 52.8 Å². The molecule has 12 nitrogen and oxygen atoms in total. The summed E-state index contributed by atoms with van der Waals surface area (Å²) in [5, 5.41) is 21.9. The van der Waals surface area contributed by atoms with Crippen LogP contribution in [0.5, 0.6) is 0 Å². The third-order valence-corrected chi connectivity index (χ3v) is 14.2. The number of allylic oxidation sites excluding steroid dienone is 6. The highest BCUT2D eigenvalue weighted by molar-refractivity contribution is 6.39. The van der Waals surface area contributed by atoms with Crippen molar-refractivity contribution in [3.05, 3.63) is 47.6 Å². The fourth-order valence-corrected chi connectivity index (χ4v) is 9.87. The molecule has 4 aliphatic rings. The SMILES string of the molecule is CO[C@@H]1C[C@H](C[C@@H](C)[C@@H]2CC(=O)[C@H](C)/C=C(\C)[C@@H](O)[C@@H](OC)C(=O)[C@H](C)C[C@H](C)/C=C/C(C)C=C/C(C)=C/CC3CC[C@@H](C)C(F)(O3)C(=O)C(=O)N3CCCCC3C(=O)O2)CC[C@H]1O. The van der Waals surface area contributed by atoms with Crippen molar-refractivity contribution in [3.63, 3.8) is 0 Å². The lowest BCUT2D eigenvalue weighted by atomic mass is 9.78. The van der Waals surface area contributed by atoms with Crippen molar-refractivity contribution in [2.45, 2.75) is 181 Å². The Morgan fingerprint density at radius 3 is 2.31 bits per heavy atom. The Morgan fingerprint density at radius 1 is 0.906 bits per heavy atom. The molecule has 360 valence electrons. The van der Waals surface area contributed by atoms with E-state index in [9.17, 15) is 34.2 Å². The van der Waals surface area contributed by atoms with E-state index in [1.165, 1.54) is 7.11 Å². The molecule has 64 heavy (non-hydrogen) atoms. The van der Waals surface area contributed by atoms with Crippen molar-refractivity contribution in [1.82, 2.24) is 4.90 Å². The number of halogens is 1. The maximum absolute atomic E-state index is 16.9. The van der Waals surface area contributed by atoms with Crippen LogP contribution in [0, 0.1) is 41.4 Å². The summed E-state index contributed by atoms with van der Waals surface area (Å²) in [7, 11) is 2.94. The quantitative estimate of drug-likeness (QED) is 0.157. The van der Waals surface area contributed by atoms with Crippen molar-refractivity contribution in [2.75, 3.05) is 20.8 Å². The molecule has 4 unspecified atom stereocenters. The van der Waals surface area contributed by atoms with E-state index < -0.39 is 77.8 Å². The molecule has 1 saturated carbocycles. The first kappa shape index (κ1) is 53.3. The summed E-state index contributed by atoms with van der Waals surface area (Å²) in [5.74, 6) is -8.83. The molecule has 2 bridgehead atoms. The number of carbonyl (C=O) groups excluding carboxylic acids is 5. The summed E-state index contributed by atoms with van der Waals surface area (Å²) < 4.78 is 40.1. The number of aliphatic hydroxyl groups is 2. The number of nitrogens with zero attached hydrogens (tertiary/aromatic N) is 1. The topological polar surface area (TPSA) is 166 Å². The summed E-state index contributed by atoms with van der Waals surface area (Å²) >= 11 is 0. The predicted molar refractivity (Wildman–Crippen MR) is 242 cm³/mol. The molecule has 0 radical (unpaired) electrons. The second-order valence-electron chi connectivity index (χ2n) is 19.7. The Balaban J connectivity index is 1.69. The van der Waals surface area contributed by atoms with E-state index in [0.29, 0.717) is 63.4 Å². The zero-order valence-corrected chi connectivity index (χ0v) is 40.1. The number of methoxy groups -OCH3 is 2. The predicted octanol–water partition coefficient (Wildman–Crippen LogP) is 7.78. The molecular weight excluding hydrogens is 822 g/mol. The van der Waals surface area contributed by atoms with Crippen LogP contribution >= 0.6 is 0 Å². The van der Waals surface area contributed by atoms with Gasteiger partial charge in [0.2, 0.25) is 0 Å². The first-order valence-electron chi connectivity index (χ1n) is 23.8. The van der Waals surface area contributed by atoms with Crippen LogP contribution in [0.15, 0.2) is 47.6 Å². The largest absolute Gasteiger partial charge is 0.460 e. The van der Waals surface area contributed by atoms with Crippen LogP contribution in [0.2, 0.25) is 0 Å². The van der Waals surface area contributed by atoms with Crippen molar-refractivity contribution >= 4 is 29.2 Å². The van der Waals surface area contributed by atoms with Crippen LogP contribution in [0.4, 0.5) is 4.39 Å². The standard InChI is InChI=1S/C51H78FNO11/c1-30-14-15-31(2)18-21-39-22-19-37(8)51(52,64-39)48(58)49(59)53-24-12-11-13-40(53)50(60)63-43(34(5)27-38-20-23-41(54)44(28-38)61-9)29-42(55)33(4)26-36(7)46(57)47(62-10)45(56)35(6)25-32(3)17-16-30/h14-18,26,30,32-35,37-41,43-44,46-47,54,57H,11-13,19-25,27-29H2,1-10H3/b15-14?,17-16+,31-18+,36-26+/t30?,32-,33-,34-,35-,37-,38+,39?,40?,41-,43+,44-,46-,47+,51?/m1/s1. The van der Waals surface area contributed by atoms with E-state index in [1.54, 1.807) is 34.0 Å². The smallest absolute Gasteiger partial charge is 0.329 e. The summed E-state index contributed by atoms with van der Waals surface area (Å²) in [6, 6.07) is -1.18. The molecule has 1 amide bonds. The number of Topliss-reactive ketones (excluding diaryl/α,β-unsaturated/α-hetero) is 3. The van der Waals surface area contributed by atoms with Gasteiger partial charge in [-0.15, -0.1) is 0 Å². The molecule has 3 heterocycles. The number of fused-ring (bicyclic) bond motifs is 3. The highest BCUT2D eigenvalue weighted by Crippen LogP contribution is 2.39. The second-order valence-corrected chi connectivity index (χ2v) is 19.7.